The SMILES string of the molecule is COc1nc(-c2cccc(-c3cccc(-c4ccc5c(CNCCN6CCCC6=O)cn(C)c5n4)c3Cl)c2Cl)ccc1CNC[C@H]1CCC(=O)N1. The zero-order valence-corrected chi connectivity index (χ0v) is 30.3. The van der Waals surface area contributed by atoms with E-state index in [1.807, 2.05) is 71.1 Å². The average molecular weight is 727 g/mol. The molecule has 5 heterocycles. The monoisotopic (exact) mass is 725 g/mol. The first-order chi connectivity index (χ1) is 24.8. The summed E-state index contributed by atoms with van der Waals surface area (Å²) in [5.41, 5.74) is 7.53. The molecule has 0 saturated carbocycles. The summed E-state index contributed by atoms with van der Waals surface area (Å²) in [5.74, 6) is 0.861. The van der Waals surface area contributed by atoms with Gasteiger partial charge in [0.15, 0.2) is 0 Å². The summed E-state index contributed by atoms with van der Waals surface area (Å²) in [7, 11) is 3.60. The molecule has 1 atom stereocenters. The number of nitrogens with one attached hydrogen (secondary N) is 3. The first-order valence-electron chi connectivity index (χ1n) is 17.4. The van der Waals surface area contributed by atoms with Crippen molar-refractivity contribution < 1.29 is 14.3 Å². The van der Waals surface area contributed by atoms with Crippen molar-refractivity contribution in [3.63, 3.8) is 0 Å². The Morgan fingerprint density at radius 1 is 0.863 bits per heavy atom. The van der Waals surface area contributed by atoms with Crippen LogP contribution in [0.15, 0.2) is 66.9 Å². The Labute approximate surface area is 307 Å². The lowest BCUT2D eigenvalue weighted by atomic mass is 9.98. The highest BCUT2D eigenvalue weighted by molar-refractivity contribution is 6.39. The van der Waals surface area contributed by atoms with Crippen LogP contribution in [0.25, 0.3) is 44.7 Å². The quantitative estimate of drug-likeness (QED) is 0.121. The summed E-state index contributed by atoms with van der Waals surface area (Å²) in [6.07, 6.45) is 5.13. The van der Waals surface area contributed by atoms with Gasteiger partial charge < -0.3 is 30.2 Å². The van der Waals surface area contributed by atoms with E-state index in [1.54, 1.807) is 7.11 Å². The van der Waals surface area contributed by atoms with E-state index in [4.69, 9.17) is 37.9 Å². The van der Waals surface area contributed by atoms with E-state index in [0.717, 1.165) is 82.6 Å². The zero-order valence-electron chi connectivity index (χ0n) is 28.8. The molecule has 3 N–H and O–H groups in total. The van der Waals surface area contributed by atoms with Crippen molar-refractivity contribution in [1.82, 2.24) is 35.4 Å². The van der Waals surface area contributed by atoms with Gasteiger partial charge >= 0.3 is 0 Å². The van der Waals surface area contributed by atoms with E-state index < -0.39 is 0 Å². The number of likely N-dealkylation sites (tertiary alicyclic amines) is 1. The summed E-state index contributed by atoms with van der Waals surface area (Å²) >= 11 is 14.3. The van der Waals surface area contributed by atoms with Crippen LogP contribution in [0.3, 0.4) is 0 Å². The van der Waals surface area contributed by atoms with Crippen molar-refractivity contribution in [2.75, 3.05) is 33.3 Å². The van der Waals surface area contributed by atoms with E-state index >= 15 is 0 Å². The second-order valence-electron chi connectivity index (χ2n) is 13.1. The third-order valence-electron chi connectivity index (χ3n) is 9.71. The number of nitrogens with zero attached hydrogens (tertiary/aromatic N) is 4. The van der Waals surface area contributed by atoms with Crippen LogP contribution in [0, 0.1) is 0 Å². The number of hydrogen-bond acceptors (Lipinski definition) is 7. The molecule has 2 aromatic carbocycles. The van der Waals surface area contributed by atoms with E-state index in [0.29, 0.717) is 54.1 Å². The predicted octanol–water partition coefficient (Wildman–Crippen LogP) is 6.36. The second kappa shape index (κ2) is 15.4. The molecule has 0 spiro atoms. The number of carbonyl (C=O) groups excluding carboxylic acids is 2. The fraction of sp³-hybridized carbons (Fsp3) is 0.333. The van der Waals surface area contributed by atoms with Gasteiger partial charge in [-0.1, -0.05) is 65.7 Å². The molecule has 0 bridgehead atoms. The van der Waals surface area contributed by atoms with Gasteiger partial charge in [0.1, 0.15) is 5.65 Å². The number of carbonyl (C=O) groups is 2. The van der Waals surface area contributed by atoms with Gasteiger partial charge in [0.2, 0.25) is 17.7 Å². The summed E-state index contributed by atoms with van der Waals surface area (Å²) < 4.78 is 7.70. The molecule has 2 saturated heterocycles. The van der Waals surface area contributed by atoms with Gasteiger partial charge in [-0.15, -0.1) is 0 Å². The standard InChI is InChI=1S/C39H41Cl2N7O3/c1-47-23-25(21-42-17-19-48-18-5-10-35(48)50)27-13-15-32(45-38(27)47)30-8-3-6-28(36(30)40)29-7-4-9-31(37(29)41)33-14-11-24(39(46-33)51-2)20-43-22-26-12-16-34(49)44-26/h3-4,6-9,11,13-15,23,26,42-43H,5,10,12,16-22H2,1-2H3,(H,44,49)/t26-/m1/s1. The van der Waals surface area contributed by atoms with Gasteiger partial charge in [-0.25, -0.2) is 9.97 Å². The minimum atomic E-state index is 0.103. The Morgan fingerprint density at radius 2 is 1.55 bits per heavy atom. The van der Waals surface area contributed by atoms with Crippen LogP contribution in [-0.2, 0) is 29.7 Å². The number of benzene rings is 2. The molecule has 3 aromatic heterocycles. The molecule has 2 amide bonds. The van der Waals surface area contributed by atoms with Gasteiger partial charge in [0.05, 0.1) is 28.5 Å². The topological polar surface area (TPSA) is 113 Å². The molecule has 2 aliphatic heterocycles. The number of aryl methyl sites for hydroxylation is 1. The lowest BCUT2D eigenvalue weighted by Gasteiger charge is -2.16. The molecule has 264 valence electrons. The molecule has 2 aliphatic rings. The Balaban J connectivity index is 1.09. The number of pyridine rings is 2. The molecule has 0 unspecified atom stereocenters. The highest BCUT2D eigenvalue weighted by atomic mass is 35.5. The van der Waals surface area contributed by atoms with Gasteiger partial charge in [-0.05, 0) is 36.6 Å². The van der Waals surface area contributed by atoms with Crippen molar-refractivity contribution in [3.05, 3.63) is 88.0 Å². The molecular formula is C39H41Cl2N7O3. The molecule has 0 radical (unpaired) electrons. The van der Waals surface area contributed by atoms with E-state index in [-0.39, 0.29) is 17.9 Å². The lowest BCUT2D eigenvalue weighted by molar-refractivity contribution is -0.127. The summed E-state index contributed by atoms with van der Waals surface area (Å²) in [5, 5.41) is 12.0. The zero-order chi connectivity index (χ0) is 35.5. The van der Waals surface area contributed by atoms with Crippen molar-refractivity contribution in [3.8, 4) is 39.5 Å². The molecule has 12 heteroatoms. The van der Waals surface area contributed by atoms with Crippen LogP contribution in [0.1, 0.15) is 36.8 Å². The summed E-state index contributed by atoms with van der Waals surface area (Å²) in [6.45, 7) is 4.25. The Kier molecular flexibility index (Phi) is 10.6. The van der Waals surface area contributed by atoms with Gasteiger partial charge in [0, 0.05) is 105 Å². The van der Waals surface area contributed by atoms with Gasteiger partial charge in [-0.3, -0.25) is 9.59 Å². The van der Waals surface area contributed by atoms with Gasteiger partial charge in [0.25, 0.3) is 0 Å². The Bertz CT molecular complexity index is 2100. The maximum atomic E-state index is 11.9. The van der Waals surface area contributed by atoms with Crippen LogP contribution in [0.2, 0.25) is 10.0 Å². The normalized spacial score (nSPS) is 16.0. The highest BCUT2D eigenvalue weighted by Crippen LogP contribution is 2.42. The molecule has 7 rings (SSSR count). The largest absolute Gasteiger partial charge is 0.481 e. The molecule has 51 heavy (non-hydrogen) atoms. The number of rotatable bonds is 13. The number of hydrogen-bond donors (Lipinski definition) is 3. The number of methoxy groups -OCH3 is 1. The number of fused-ring (bicyclic) bond motifs is 1. The average Bonchev–Trinajstić information content (AvgIpc) is 3.84. The number of halogens is 2. The molecule has 10 nitrogen and oxygen atoms in total. The molecule has 0 aliphatic carbocycles. The predicted molar refractivity (Wildman–Crippen MR) is 202 cm³/mol. The van der Waals surface area contributed by atoms with Gasteiger partial charge in [-0.2, -0.15) is 0 Å². The van der Waals surface area contributed by atoms with Crippen LogP contribution in [-0.4, -0.2) is 70.6 Å². The minimum Gasteiger partial charge on any atom is -0.481 e. The van der Waals surface area contributed by atoms with Crippen molar-refractivity contribution in [2.45, 2.75) is 44.8 Å². The number of ether oxygens (including phenoxy) is 1. The Morgan fingerprint density at radius 3 is 2.22 bits per heavy atom. The third kappa shape index (κ3) is 7.46. The lowest BCUT2D eigenvalue weighted by Crippen LogP contribution is -2.35. The number of amides is 2. The van der Waals surface area contributed by atoms with E-state index in [9.17, 15) is 9.59 Å². The highest BCUT2D eigenvalue weighted by Gasteiger charge is 2.22. The fourth-order valence-electron chi connectivity index (χ4n) is 7.02. The van der Waals surface area contributed by atoms with Crippen LogP contribution >= 0.6 is 23.2 Å². The molecule has 2 fully saturated rings. The van der Waals surface area contributed by atoms with Crippen molar-refractivity contribution in [2.24, 2.45) is 7.05 Å². The van der Waals surface area contributed by atoms with E-state index in [1.165, 1.54) is 0 Å². The maximum absolute atomic E-state index is 11.9. The maximum Gasteiger partial charge on any atom is 0.222 e. The van der Waals surface area contributed by atoms with Crippen molar-refractivity contribution in [1.29, 1.82) is 0 Å². The molecular weight excluding hydrogens is 685 g/mol. The minimum absolute atomic E-state index is 0.103. The van der Waals surface area contributed by atoms with Crippen LogP contribution in [0.5, 0.6) is 5.88 Å². The first kappa shape index (κ1) is 34.9. The summed E-state index contributed by atoms with van der Waals surface area (Å²) in [6, 6.07) is 19.9. The molecule has 5 aromatic rings. The third-order valence-corrected chi connectivity index (χ3v) is 10.5. The van der Waals surface area contributed by atoms with Crippen LogP contribution < -0.4 is 20.7 Å². The summed E-state index contributed by atoms with van der Waals surface area (Å²) in [4.78, 5) is 35.2. The second-order valence-corrected chi connectivity index (χ2v) is 13.9. The fourth-order valence-corrected chi connectivity index (χ4v) is 7.67. The van der Waals surface area contributed by atoms with Crippen LogP contribution in [0.4, 0.5) is 0 Å². The Hall–Kier alpha value is -4.48. The first-order valence-corrected chi connectivity index (χ1v) is 18.1. The number of aromatic nitrogens is 3. The smallest absolute Gasteiger partial charge is 0.222 e. The van der Waals surface area contributed by atoms with Crippen molar-refractivity contribution >= 4 is 46.0 Å². The van der Waals surface area contributed by atoms with E-state index in [2.05, 4.69) is 28.2 Å².